The Kier molecular flexibility index (Phi) is 6.45. The highest BCUT2D eigenvalue weighted by molar-refractivity contribution is 7.89. The maximum atomic E-state index is 12.9. The first-order chi connectivity index (χ1) is 15.4. The average Bonchev–Trinajstić information content (AvgIpc) is 3.29. The first-order valence-corrected chi connectivity index (χ1v) is 11.9. The molecule has 0 spiro atoms. The van der Waals surface area contributed by atoms with Crippen LogP contribution in [0.5, 0.6) is 5.75 Å². The molecule has 0 bridgehead atoms. The summed E-state index contributed by atoms with van der Waals surface area (Å²) in [6, 6.07) is 13.5. The molecular formula is C21H22ClN5O4S. The monoisotopic (exact) mass is 475 g/mol. The van der Waals surface area contributed by atoms with Crippen molar-refractivity contribution in [1.82, 2.24) is 24.2 Å². The van der Waals surface area contributed by atoms with E-state index in [1.54, 1.807) is 35.2 Å². The van der Waals surface area contributed by atoms with Crippen LogP contribution < -0.4 is 4.74 Å². The largest absolute Gasteiger partial charge is 0.494 e. The van der Waals surface area contributed by atoms with Gasteiger partial charge in [-0.25, -0.2) is 13.1 Å². The van der Waals surface area contributed by atoms with Gasteiger partial charge in [0.1, 0.15) is 5.75 Å². The lowest BCUT2D eigenvalue weighted by Gasteiger charge is -2.33. The van der Waals surface area contributed by atoms with Gasteiger partial charge in [-0.2, -0.15) is 4.31 Å². The number of amides is 1. The number of carbonyl (C=O) groups is 1. The second-order valence-corrected chi connectivity index (χ2v) is 9.45. The van der Waals surface area contributed by atoms with Gasteiger partial charge in [-0.05, 0) is 43.3 Å². The van der Waals surface area contributed by atoms with Gasteiger partial charge in [-0.15, -0.1) is 5.10 Å². The van der Waals surface area contributed by atoms with E-state index in [1.165, 1.54) is 27.3 Å². The molecule has 0 aliphatic carbocycles. The second-order valence-electron chi connectivity index (χ2n) is 7.10. The molecule has 4 rings (SSSR count). The predicted octanol–water partition coefficient (Wildman–Crippen LogP) is 2.47. The van der Waals surface area contributed by atoms with Crippen molar-refractivity contribution in [1.29, 1.82) is 0 Å². The van der Waals surface area contributed by atoms with Crippen LogP contribution in [0, 0.1) is 0 Å². The van der Waals surface area contributed by atoms with E-state index in [-0.39, 0.29) is 42.7 Å². The molecule has 168 valence electrons. The highest BCUT2D eigenvalue weighted by Gasteiger charge is 2.31. The molecule has 32 heavy (non-hydrogen) atoms. The lowest BCUT2D eigenvalue weighted by molar-refractivity contribution is 0.0692. The Labute approximate surface area is 191 Å². The lowest BCUT2D eigenvalue weighted by atomic mass is 10.3. The van der Waals surface area contributed by atoms with Gasteiger partial charge in [-0.3, -0.25) is 4.79 Å². The van der Waals surface area contributed by atoms with E-state index in [9.17, 15) is 13.2 Å². The van der Waals surface area contributed by atoms with E-state index in [0.717, 1.165) is 0 Å². The summed E-state index contributed by atoms with van der Waals surface area (Å²) in [5, 5.41) is 8.45. The van der Waals surface area contributed by atoms with Gasteiger partial charge in [0.2, 0.25) is 10.0 Å². The number of hydrogen-bond donors (Lipinski definition) is 0. The van der Waals surface area contributed by atoms with Crippen LogP contribution in [-0.2, 0) is 10.0 Å². The van der Waals surface area contributed by atoms with Crippen molar-refractivity contribution in [2.45, 2.75) is 11.8 Å². The number of ether oxygens (including phenoxy) is 1. The zero-order valence-electron chi connectivity index (χ0n) is 17.4. The fourth-order valence-corrected chi connectivity index (χ4v) is 5.08. The highest BCUT2D eigenvalue weighted by Crippen LogP contribution is 2.22. The lowest BCUT2D eigenvalue weighted by Crippen LogP contribution is -2.50. The summed E-state index contributed by atoms with van der Waals surface area (Å²) < 4.78 is 34.1. The fourth-order valence-electron chi connectivity index (χ4n) is 3.43. The minimum Gasteiger partial charge on any atom is -0.494 e. The predicted molar refractivity (Wildman–Crippen MR) is 119 cm³/mol. The third-order valence-corrected chi connectivity index (χ3v) is 7.34. The number of piperazine rings is 1. The van der Waals surface area contributed by atoms with Gasteiger partial charge in [0.25, 0.3) is 5.91 Å². The highest BCUT2D eigenvalue weighted by atomic mass is 35.5. The first kappa shape index (κ1) is 22.3. The molecule has 3 aromatic rings. The standard InChI is InChI=1S/C21H22ClN5O4S/c1-2-31-16-7-9-17(10-8-16)32(29,30)26-13-11-25(12-14-26)21(28)19-15-27(24-23-19)20-6-4-3-5-18(20)22/h3-10,15H,2,11-14H2,1H3. The molecule has 0 saturated carbocycles. The Morgan fingerprint density at radius 3 is 2.41 bits per heavy atom. The van der Waals surface area contributed by atoms with Crippen LogP contribution in [0.25, 0.3) is 5.69 Å². The van der Waals surface area contributed by atoms with Crippen LogP contribution in [0.3, 0.4) is 0 Å². The molecular weight excluding hydrogens is 454 g/mol. The molecule has 1 saturated heterocycles. The topological polar surface area (TPSA) is 97.6 Å². The smallest absolute Gasteiger partial charge is 0.276 e. The van der Waals surface area contributed by atoms with E-state index in [4.69, 9.17) is 16.3 Å². The van der Waals surface area contributed by atoms with E-state index < -0.39 is 10.0 Å². The van der Waals surface area contributed by atoms with E-state index in [0.29, 0.717) is 23.1 Å². The Bertz CT molecular complexity index is 1200. The number of sulfonamides is 1. The van der Waals surface area contributed by atoms with Gasteiger partial charge in [0.05, 0.1) is 28.4 Å². The number of benzene rings is 2. The van der Waals surface area contributed by atoms with Gasteiger partial charge >= 0.3 is 0 Å². The number of carbonyl (C=O) groups excluding carboxylic acids is 1. The Hall–Kier alpha value is -2.95. The number of rotatable bonds is 6. The Morgan fingerprint density at radius 1 is 1.06 bits per heavy atom. The second kappa shape index (κ2) is 9.27. The quantitative estimate of drug-likeness (QED) is 0.543. The van der Waals surface area contributed by atoms with Crippen LogP contribution in [0.4, 0.5) is 0 Å². The SMILES string of the molecule is CCOc1ccc(S(=O)(=O)N2CCN(C(=O)c3cn(-c4ccccc4Cl)nn3)CC2)cc1. The van der Waals surface area contributed by atoms with Crippen LogP contribution >= 0.6 is 11.6 Å². The minimum absolute atomic E-state index is 0.174. The molecule has 1 fully saturated rings. The average molecular weight is 476 g/mol. The molecule has 0 radical (unpaired) electrons. The summed E-state index contributed by atoms with van der Waals surface area (Å²) in [5.74, 6) is 0.313. The van der Waals surface area contributed by atoms with Crippen LogP contribution in [0.1, 0.15) is 17.4 Å². The molecule has 2 aromatic carbocycles. The normalized spacial score (nSPS) is 15.0. The molecule has 11 heteroatoms. The van der Waals surface area contributed by atoms with E-state index in [1.807, 2.05) is 13.0 Å². The number of para-hydroxylation sites is 1. The fraction of sp³-hybridized carbons (Fsp3) is 0.286. The molecule has 1 aliphatic rings. The summed E-state index contributed by atoms with van der Waals surface area (Å²) in [5.41, 5.74) is 0.791. The van der Waals surface area contributed by atoms with Crippen molar-refractivity contribution in [2.75, 3.05) is 32.8 Å². The van der Waals surface area contributed by atoms with Gasteiger partial charge < -0.3 is 9.64 Å². The van der Waals surface area contributed by atoms with Crippen molar-refractivity contribution < 1.29 is 17.9 Å². The maximum absolute atomic E-state index is 12.9. The van der Waals surface area contributed by atoms with Crippen LogP contribution in [-0.4, -0.2) is 71.3 Å². The number of hydrogen-bond acceptors (Lipinski definition) is 6. The number of aromatic nitrogens is 3. The Morgan fingerprint density at radius 2 is 1.75 bits per heavy atom. The van der Waals surface area contributed by atoms with E-state index >= 15 is 0 Å². The number of nitrogens with zero attached hydrogens (tertiary/aromatic N) is 5. The van der Waals surface area contributed by atoms with Gasteiger partial charge in [0.15, 0.2) is 5.69 Å². The van der Waals surface area contributed by atoms with Crippen molar-refractivity contribution in [2.24, 2.45) is 0 Å². The van der Waals surface area contributed by atoms with Crippen molar-refractivity contribution in [3.63, 3.8) is 0 Å². The molecule has 0 atom stereocenters. The molecule has 0 N–H and O–H groups in total. The molecule has 1 aliphatic heterocycles. The molecule has 9 nitrogen and oxygen atoms in total. The third kappa shape index (κ3) is 4.47. The zero-order chi connectivity index (χ0) is 22.7. The van der Waals surface area contributed by atoms with Gasteiger partial charge in [0, 0.05) is 26.2 Å². The summed E-state index contributed by atoms with van der Waals surface area (Å²) >= 11 is 6.18. The summed E-state index contributed by atoms with van der Waals surface area (Å²) in [6.07, 6.45) is 1.52. The maximum Gasteiger partial charge on any atom is 0.276 e. The first-order valence-electron chi connectivity index (χ1n) is 10.1. The zero-order valence-corrected chi connectivity index (χ0v) is 19.0. The van der Waals surface area contributed by atoms with Crippen molar-refractivity contribution in [3.05, 3.63) is 65.4 Å². The van der Waals surface area contributed by atoms with Crippen molar-refractivity contribution >= 4 is 27.5 Å². The summed E-state index contributed by atoms with van der Waals surface area (Å²) in [7, 11) is -3.65. The minimum atomic E-state index is -3.65. The molecule has 2 heterocycles. The van der Waals surface area contributed by atoms with Crippen molar-refractivity contribution in [3.8, 4) is 11.4 Å². The molecule has 1 amide bonds. The number of halogens is 1. The summed E-state index contributed by atoms with van der Waals surface area (Å²) in [4.78, 5) is 14.6. The summed E-state index contributed by atoms with van der Waals surface area (Å²) in [6.45, 7) is 3.28. The molecule has 1 aromatic heterocycles. The van der Waals surface area contributed by atoms with Gasteiger partial charge in [-0.1, -0.05) is 28.9 Å². The third-order valence-electron chi connectivity index (χ3n) is 5.11. The van der Waals surface area contributed by atoms with E-state index in [2.05, 4.69) is 10.3 Å². The Balaban J connectivity index is 1.41. The molecule has 0 unspecified atom stereocenters. The van der Waals surface area contributed by atoms with Crippen LogP contribution in [0.2, 0.25) is 5.02 Å². The van der Waals surface area contributed by atoms with Crippen LogP contribution in [0.15, 0.2) is 59.6 Å².